The van der Waals surface area contributed by atoms with Gasteiger partial charge in [0.05, 0.1) is 23.1 Å². The molecule has 1 heterocycles. The van der Waals surface area contributed by atoms with Crippen LogP contribution in [0.5, 0.6) is 0 Å². The first kappa shape index (κ1) is 24.5. The Kier molecular flexibility index (Phi) is 8.05. The van der Waals surface area contributed by atoms with Gasteiger partial charge >= 0.3 is 6.09 Å². The Morgan fingerprint density at radius 1 is 1.34 bits per heavy atom. The fraction of sp³-hybridized carbons (Fsp3) is 0.381. The molecule has 1 aromatic heterocycles. The maximum atomic E-state index is 13.7. The van der Waals surface area contributed by atoms with Gasteiger partial charge in [-0.25, -0.2) is 9.18 Å². The van der Waals surface area contributed by atoms with Gasteiger partial charge in [-0.15, -0.1) is 0 Å². The summed E-state index contributed by atoms with van der Waals surface area (Å²) in [7, 11) is 0. The van der Waals surface area contributed by atoms with Gasteiger partial charge in [-0.05, 0) is 44.9 Å². The second-order valence-electron chi connectivity index (χ2n) is 8.02. The van der Waals surface area contributed by atoms with E-state index in [0.29, 0.717) is 12.5 Å². The second kappa shape index (κ2) is 10.5. The highest BCUT2D eigenvalue weighted by Gasteiger charge is 2.23. The van der Waals surface area contributed by atoms with E-state index in [-0.39, 0.29) is 25.2 Å². The van der Waals surface area contributed by atoms with E-state index in [0.717, 1.165) is 11.6 Å². The molecule has 10 nitrogen and oxygen atoms in total. The van der Waals surface area contributed by atoms with Gasteiger partial charge in [0.25, 0.3) is 11.6 Å². The monoisotopic (exact) mass is 447 g/mol. The fourth-order valence-corrected chi connectivity index (χ4v) is 2.78. The SMILES string of the molecule is CC(C)(C)OC(=O)N(CCCNC(=O)c1cc(F)cc([N+](=O)[O-])c1N)Cc1cccnc1. The summed E-state index contributed by atoms with van der Waals surface area (Å²) in [6.45, 7) is 5.92. The molecule has 11 heteroatoms. The highest BCUT2D eigenvalue weighted by atomic mass is 19.1. The molecule has 0 fully saturated rings. The topological polar surface area (TPSA) is 141 Å². The van der Waals surface area contributed by atoms with Gasteiger partial charge in [-0.2, -0.15) is 0 Å². The predicted molar refractivity (Wildman–Crippen MR) is 115 cm³/mol. The van der Waals surface area contributed by atoms with Crippen LogP contribution in [0.4, 0.5) is 20.6 Å². The third-order valence-electron chi connectivity index (χ3n) is 4.20. The third-order valence-corrected chi connectivity index (χ3v) is 4.20. The molecular formula is C21H26FN5O5. The van der Waals surface area contributed by atoms with Gasteiger partial charge in [-0.1, -0.05) is 6.07 Å². The molecule has 3 N–H and O–H groups in total. The van der Waals surface area contributed by atoms with E-state index >= 15 is 0 Å². The van der Waals surface area contributed by atoms with E-state index in [9.17, 15) is 24.1 Å². The fourth-order valence-electron chi connectivity index (χ4n) is 2.78. The van der Waals surface area contributed by atoms with Crippen molar-refractivity contribution in [2.24, 2.45) is 0 Å². The van der Waals surface area contributed by atoms with Crippen molar-refractivity contribution in [3.8, 4) is 0 Å². The van der Waals surface area contributed by atoms with Crippen LogP contribution in [0.1, 0.15) is 43.1 Å². The Morgan fingerprint density at radius 2 is 2.06 bits per heavy atom. The first-order valence-electron chi connectivity index (χ1n) is 9.86. The summed E-state index contributed by atoms with van der Waals surface area (Å²) in [5.74, 6) is -1.69. The van der Waals surface area contributed by atoms with Crippen LogP contribution < -0.4 is 11.1 Å². The molecule has 0 unspecified atom stereocenters. The Hall–Kier alpha value is -3.76. The van der Waals surface area contributed by atoms with Crippen LogP contribution in [0.15, 0.2) is 36.7 Å². The largest absolute Gasteiger partial charge is 0.444 e. The number of pyridine rings is 1. The van der Waals surface area contributed by atoms with Crippen molar-refractivity contribution < 1.29 is 23.6 Å². The highest BCUT2D eigenvalue weighted by molar-refractivity contribution is 6.01. The summed E-state index contributed by atoms with van der Waals surface area (Å²) in [5.41, 5.74) is 4.36. The standard InChI is InChI=1S/C21H26FN5O5/c1-21(2,3)32-20(29)26(13-14-6-4-7-24-12-14)9-5-8-25-19(28)16-10-15(22)11-17(18(16)23)27(30)31/h4,6-7,10-12H,5,8-9,13,23H2,1-3H3,(H,25,28). The number of nitrogens with two attached hydrogens (primary N) is 1. The molecule has 0 atom stereocenters. The zero-order valence-corrected chi connectivity index (χ0v) is 18.1. The second-order valence-corrected chi connectivity index (χ2v) is 8.02. The molecule has 2 rings (SSSR count). The van der Waals surface area contributed by atoms with Crippen LogP contribution in [0.25, 0.3) is 0 Å². The molecule has 0 saturated carbocycles. The summed E-state index contributed by atoms with van der Waals surface area (Å²) in [4.78, 5) is 40.6. The Morgan fingerprint density at radius 3 is 2.66 bits per heavy atom. The molecule has 32 heavy (non-hydrogen) atoms. The number of aromatic nitrogens is 1. The minimum atomic E-state index is -0.941. The number of nitrogen functional groups attached to an aromatic ring is 1. The van der Waals surface area contributed by atoms with Gasteiger partial charge < -0.3 is 20.7 Å². The van der Waals surface area contributed by atoms with Gasteiger partial charge in [0.1, 0.15) is 17.1 Å². The van der Waals surface area contributed by atoms with Crippen LogP contribution in [0, 0.1) is 15.9 Å². The average Bonchev–Trinajstić information content (AvgIpc) is 2.70. The minimum absolute atomic E-state index is 0.120. The van der Waals surface area contributed by atoms with Gasteiger partial charge in [0.2, 0.25) is 0 Å². The highest BCUT2D eigenvalue weighted by Crippen LogP contribution is 2.26. The maximum absolute atomic E-state index is 13.7. The first-order chi connectivity index (χ1) is 15.0. The van der Waals surface area contributed by atoms with Crippen LogP contribution in [-0.4, -0.2) is 45.5 Å². The number of carbonyl (C=O) groups is 2. The number of nitro benzene ring substituents is 1. The van der Waals surface area contributed by atoms with Gasteiger partial charge in [-0.3, -0.25) is 19.9 Å². The van der Waals surface area contributed by atoms with E-state index in [4.69, 9.17) is 10.5 Å². The number of halogens is 1. The van der Waals surface area contributed by atoms with E-state index in [1.54, 1.807) is 39.2 Å². The molecule has 2 amide bonds. The summed E-state index contributed by atoms with van der Waals surface area (Å²) >= 11 is 0. The smallest absolute Gasteiger partial charge is 0.410 e. The molecule has 0 radical (unpaired) electrons. The molecule has 1 aromatic carbocycles. The lowest BCUT2D eigenvalue weighted by Gasteiger charge is -2.27. The van der Waals surface area contributed by atoms with E-state index in [2.05, 4.69) is 10.3 Å². The van der Waals surface area contributed by atoms with Crippen molar-refractivity contribution in [2.75, 3.05) is 18.8 Å². The molecule has 0 saturated heterocycles. The predicted octanol–water partition coefficient (Wildman–Crippen LogP) is 3.27. The number of rotatable bonds is 8. The van der Waals surface area contributed by atoms with Crippen molar-refractivity contribution in [3.05, 3.63) is 63.7 Å². The number of anilines is 1. The number of nitrogens with one attached hydrogen (secondary N) is 1. The van der Waals surface area contributed by atoms with Crippen molar-refractivity contribution in [1.29, 1.82) is 0 Å². The molecule has 2 aromatic rings. The number of benzene rings is 1. The van der Waals surface area contributed by atoms with Crippen molar-refractivity contribution in [2.45, 2.75) is 39.3 Å². The molecule has 0 aliphatic rings. The lowest BCUT2D eigenvalue weighted by atomic mass is 10.1. The van der Waals surface area contributed by atoms with E-state index in [1.807, 2.05) is 6.07 Å². The Balaban J connectivity index is 2.01. The van der Waals surface area contributed by atoms with Crippen LogP contribution in [-0.2, 0) is 11.3 Å². The van der Waals surface area contributed by atoms with Crippen molar-refractivity contribution >= 4 is 23.4 Å². The lowest BCUT2D eigenvalue weighted by molar-refractivity contribution is -0.384. The van der Waals surface area contributed by atoms with Crippen LogP contribution in [0.2, 0.25) is 0 Å². The summed E-state index contributed by atoms with van der Waals surface area (Å²) in [6.07, 6.45) is 3.10. The van der Waals surface area contributed by atoms with Crippen LogP contribution in [0.3, 0.4) is 0 Å². The zero-order chi connectivity index (χ0) is 23.9. The molecular weight excluding hydrogens is 421 g/mol. The van der Waals surface area contributed by atoms with E-state index in [1.165, 1.54) is 4.90 Å². The third kappa shape index (κ3) is 7.18. The Bertz CT molecular complexity index is 979. The lowest BCUT2D eigenvalue weighted by Crippen LogP contribution is -2.38. The van der Waals surface area contributed by atoms with Crippen molar-refractivity contribution in [3.63, 3.8) is 0 Å². The number of amides is 2. The number of nitro groups is 1. The average molecular weight is 447 g/mol. The maximum Gasteiger partial charge on any atom is 0.410 e. The minimum Gasteiger partial charge on any atom is -0.444 e. The zero-order valence-electron chi connectivity index (χ0n) is 18.1. The number of hydrogen-bond donors (Lipinski definition) is 2. The molecule has 0 bridgehead atoms. The van der Waals surface area contributed by atoms with E-state index < -0.39 is 39.7 Å². The quantitative estimate of drug-likeness (QED) is 0.274. The number of carbonyl (C=O) groups excluding carboxylic acids is 2. The van der Waals surface area contributed by atoms with Gasteiger partial charge in [0, 0.05) is 25.5 Å². The number of nitrogens with zero attached hydrogens (tertiary/aromatic N) is 3. The molecule has 172 valence electrons. The summed E-state index contributed by atoms with van der Waals surface area (Å²) in [6, 6.07) is 5.08. The first-order valence-corrected chi connectivity index (χ1v) is 9.86. The summed E-state index contributed by atoms with van der Waals surface area (Å²) in [5, 5.41) is 13.5. The molecule has 0 spiro atoms. The molecule has 0 aliphatic heterocycles. The summed E-state index contributed by atoms with van der Waals surface area (Å²) < 4.78 is 19.1. The number of hydrogen-bond acceptors (Lipinski definition) is 7. The molecule has 0 aliphatic carbocycles. The number of ether oxygens (including phenoxy) is 1. The van der Waals surface area contributed by atoms with Crippen molar-refractivity contribution in [1.82, 2.24) is 15.2 Å². The normalized spacial score (nSPS) is 11.0. The Labute approximate surface area is 184 Å². The van der Waals surface area contributed by atoms with Crippen LogP contribution >= 0.6 is 0 Å². The van der Waals surface area contributed by atoms with Gasteiger partial charge in [0.15, 0.2) is 0 Å².